The van der Waals surface area contributed by atoms with Crippen LogP contribution in [0.5, 0.6) is 5.75 Å². The summed E-state index contributed by atoms with van der Waals surface area (Å²) in [5.74, 6) is 0.253. The number of fused-ring (bicyclic) bond motifs is 1. The van der Waals surface area contributed by atoms with E-state index in [1.807, 2.05) is 36.4 Å². The van der Waals surface area contributed by atoms with Gasteiger partial charge in [-0.15, -0.1) is 0 Å². The number of benzene rings is 2. The Labute approximate surface area is 118 Å². The highest BCUT2D eigenvalue weighted by Crippen LogP contribution is 2.27. The lowest BCUT2D eigenvalue weighted by atomic mass is 10.0. The smallest absolute Gasteiger partial charge is 0.344 e. The summed E-state index contributed by atoms with van der Waals surface area (Å²) in [4.78, 5) is 11.5. The summed E-state index contributed by atoms with van der Waals surface area (Å²) in [5.41, 5.74) is 6.71. The lowest BCUT2D eigenvalue weighted by Gasteiger charge is -2.13. The summed E-state index contributed by atoms with van der Waals surface area (Å²) in [5, 5.41) is 2.15. The third-order valence-electron chi connectivity index (χ3n) is 2.91. The highest BCUT2D eigenvalue weighted by Gasteiger charge is 2.11. The van der Waals surface area contributed by atoms with Crippen molar-refractivity contribution in [3.8, 4) is 5.75 Å². The summed E-state index contributed by atoms with van der Waals surface area (Å²) in [6.07, 6.45) is -0.142. The van der Waals surface area contributed by atoms with Crippen molar-refractivity contribution in [2.24, 2.45) is 5.73 Å². The van der Waals surface area contributed by atoms with Gasteiger partial charge in [0.15, 0.2) is 6.61 Å². The van der Waals surface area contributed by atoms with E-state index < -0.39 is 0 Å². The van der Waals surface area contributed by atoms with E-state index in [0.717, 1.165) is 16.3 Å². The first-order valence-corrected chi connectivity index (χ1v) is 6.64. The molecule has 0 atom stereocenters. The van der Waals surface area contributed by atoms with E-state index in [1.165, 1.54) is 0 Å². The van der Waals surface area contributed by atoms with Gasteiger partial charge in [0.1, 0.15) is 5.75 Å². The van der Waals surface area contributed by atoms with Crippen LogP contribution in [0.3, 0.4) is 0 Å². The predicted octanol–water partition coefficient (Wildman–Crippen LogP) is 2.63. The molecule has 4 nitrogen and oxygen atoms in total. The van der Waals surface area contributed by atoms with Crippen LogP contribution in [0, 0.1) is 0 Å². The zero-order valence-corrected chi connectivity index (χ0v) is 11.8. The normalized spacial score (nSPS) is 10.8. The number of ether oxygens (including phenoxy) is 2. The highest BCUT2D eigenvalue weighted by molar-refractivity contribution is 5.87. The zero-order valence-electron chi connectivity index (χ0n) is 11.8. The molecule has 0 amide bonds. The second-order valence-corrected chi connectivity index (χ2v) is 4.79. The molecule has 0 radical (unpaired) electrons. The fourth-order valence-corrected chi connectivity index (χ4v) is 2.10. The van der Waals surface area contributed by atoms with Crippen LogP contribution in [0.15, 0.2) is 36.4 Å². The lowest BCUT2D eigenvalue weighted by Crippen LogP contribution is -2.19. The van der Waals surface area contributed by atoms with Crippen molar-refractivity contribution in [3.63, 3.8) is 0 Å². The van der Waals surface area contributed by atoms with Gasteiger partial charge in [0.25, 0.3) is 0 Å². The van der Waals surface area contributed by atoms with Crippen LogP contribution in [0.1, 0.15) is 19.4 Å². The molecule has 2 aromatic carbocycles. The van der Waals surface area contributed by atoms with E-state index in [9.17, 15) is 4.79 Å². The van der Waals surface area contributed by atoms with Crippen molar-refractivity contribution < 1.29 is 14.3 Å². The van der Waals surface area contributed by atoms with E-state index in [2.05, 4.69) is 0 Å². The van der Waals surface area contributed by atoms with Gasteiger partial charge < -0.3 is 15.2 Å². The molecule has 20 heavy (non-hydrogen) atoms. The molecule has 0 spiro atoms. The largest absolute Gasteiger partial charge is 0.482 e. The Morgan fingerprint density at radius 3 is 2.65 bits per heavy atom. The first-order chi connectivity index (χ1) is 9.61. The van der Waals surface area contributed by atoms with Gasteiger partial charge in [-0.1, -0.05) is 30.3 Å². The average molecular weight is 273 g/mol. The molecule has 0 aliphatic carbocycles. The Kier molecular flexibility index (Phi) is 4.58. The third-order valence-corrected chi connectivity index (χ3v) is 2.91. The van der Waals surface area contributed by atoms with Crippen LogP contribution in [0.25, 0.3) is 10.8 Å². The van der Waals surface area contributed by atoms with Gasteiger partial charge in [-0.3, -0.25) is 0 Å². The maximum Gasteiger partial charge on any atom is 0.344 e. The molecule has 0 aromatic heterocycles. The van der Waals surface area contributed by atoms with Crippen molar-refractivity contribution in [1.82, 2.24) is 0 Å². The van der Waals surface area contributed by atoms with E-state index in [0.29, 0.717) is 12.3 Å². The zero-order chi connectivity index (χ0) is 14.5. The molecule has 0 aliphatic rings. The molecular weight excluding hydrogens is 254 g/mol. The van der Waals surface area contributed by atoms with Crippen LogP contribution in [-0.2, 0) is 16.1 Å². The quantitative estimate of drug-likeness (QED) is 0.851. The molecule has 2 N–H and O–H groups in total. The first kappa shape index (κ1) is 14.3. The van der Waals surface area contributed by atoms with E-state index in [1.54, 1.807) is 13.8 Å². The number of esters is 1. The minimum absolute atomic E-state index is 0.108. The number of hydrogen-bond donors (Lipinski definition) is 1. The molecule has 0 saturated heterocycles. The predicted molar refractivity (Wildman–Crippen MR) is 78.6 cm³/mol. The van der Waals surface area contributed by atoms with Crippen LogP contribution >= 0.6 is 0 Å². The first-order valence-electron chi connectivity index (χ1n) is 6.64. The monoisotopic (exact) mass is 273 g/mol. The van der Waals surface area contributed by atoms with E-state index in [-0.39, 0.29) is 18.7 Å². The second kappa shape index (κ2) is 6.39. The molecule has 0 saturated carbocycles. The topological polar surface area (TPSA) is 61.5 Å². The van der Waals surface area contributed by atoms with Crippen LogP contribution < -0.4 is 10.5 Å². The lowest BCUT2D eigenvalue weighted by molar-refractivity contribution is -0.149. The van der Waals surface area contributed by atoms with Crippen molar-refractivity contribution in [3.05, 3.63) is 42.0 Å². The molecule has 106 valence electrons. The average Bonchev–Trinajstić information content (AvgIpc) is 2.43. The molecule has 0 unspecified atom stereocenters. The molecular formula is C16H19NO3. The molecule has 0 heterocycles. The number of rotatable bonds is 5. The van der Waals surface area contributed by atoms with Crippen molar-refractivity contribution in [2.45, 2.75) is 26.5 Å². The third kappa shape index (κ3) is 3.27. The summed E-state index contributed by atoms with van der Waals surface area (Å²) in [7, 11) is 0. The summed E-state index contributed by atoms with van der Waals surface area (Å²) >= 11 is 0. The molecule has 0 aliphatic heterocycles. The van der Waals surface area contributed by atoms with Crippen LogP contribution in [0.4, 0.5) is 0 Å². The van der Waals surface area contributed by atoms with Gasteiger partial charge >= 0.3 is 5.97 Å². The van der Waals surface area contributed by atoms with Crippen molar-refractivity contribution in [2.75, 3.05) is 6.61 Å². The second-order valence-electron chi connectivity index (χ2n) is 4.79. The Bertz CT molecular complexity index is 608. The van der Waals surface area contributed by atoms with Crippen molar-refractivity contribution in [1.29, 1.82) is 0 Å². The van der Waals surface area contributed by atoms with Crippen LogP contribution in [0.2, 0.25) is 0 Å². The molecule has 4 heteroatoms. The Hall–Kier alpha value is -2.07. The fourth-order valence-electron chi connectivity index (χ4n) is 2.10. The molecule has 0 bridgehead atoms. The maximum atomic E-state index is 11.5. The van der Waals surface area contributed by atoms with Crippen LogP contribution in [-0.4, -0.2) is 18.7 Å². The number of carbonyl (C=O) groups is 1. The fraction of sp³-hybridized carbons (Fsp3) is 0.312. The van der Waals surface area contributed by atoms with Gasteiger partial charge in [-0.25, -0.2) is 4.79 Å². The standard InChI is InChI=1S/C16H19NO3/c1-11(2)20-16(18)10-19-15-8-7-12-5-3-4-6-13(12)14(15)9-17/h3-8,11H,9-10,17H2,1-2H3. The number of carbonyl (C=O) groups excluding carboxylic acids is 1. The Morgan fingerprint density at radius 1 is 1.20 bits per heavy atom. The molecule has 2 rings (SSSR count). The minimum atomic E-state index is -0.379. The maximum absolute atomic E-state index is 11.5. The van der Waals surface area contributed by atoms with Gasteiger partial charge in [0.05, 0.1) is 6.10 Å². The Balaban J connectivity index is 2.20. The minimum Gasteiger partial charge on any atom is -0.482 e. The summed E-state index contributed by atoms with van der Waals surface area (Å²) in [6.45, 7) is 3.86. The van der Waals surface area contributed by atoms with Gasteiger partial charge in [-0.2, -0.15) is 0 Å². The van der Waals surface area contributed by atoms with E-state index in [4.69, 9.17) is 15.2 Å². The summed E-state index contributed by atoms with van der Waals surface area (Å²) in [6, 6.07) is 11.7. The highest BCUT2D eigenvalue weighted by atomic mass is 16.6. The van der Waals surface area contributed by atoms with E-state index >= 15 is 0 Å². The van der Waals surface area contributed by atoms with Gasteiger partial charge in [-0.05, 0) is 30.7 Å². The van der Waals surface area contributed by atoms with Crippen molar-refractivity contribution >= 4 is 16.7 Å². The molecule has 0 fully saturated rings. The SMILES string of the molecule is CC(C)OC(=O)COc1ccc2ccccc2c1CN. The number of nitrogens with two attached hydrogens (primary N) is 1. The van der Waals surface area contributed by atoms with Gasteiger partial charge in [0, 0.05) is 12.1 Å². The number of hydrogen-bond acceptors (Lipinski definition) is 4. The Morgan fingerprint density at radius 2 is 1.95 bits per heavy atom. The summed E-state index contributed by atoms with van der Waals surface area (Å²) < 4.78 is 10.6. The van der Waals surface area contributed by atoms with Gasteiger partial charge in [0.2, 0.25) is 0 Å². The molecule has 2 aromatic rings.